The van der Waals surface area contributed by atoms with E-state index >= 15 is 0 Å². The van der Waals surface area contributed by atoms with Gasteiger partial charge < -0.3 is 5.11 Å². The molecule has 0 unspecified atom stereocenters. The molecule has 0 fully saturated rings. The average Bonchev–Trinajstić information content (AvgIpc) is 2.57. The van der Waals surface area contributed by atoms with E-state index < -0.39 is 5.97 Å². The highest BCUT2D eigenvalue weighted by molar-refractivity contribution is 7.14. The number of terminal acetylenes is 1. The molecular weight excluding hydrogens is 222 g/mol. The normalized spacial score (nSPS) is 11.1. The van der Waals surface area contributed by atoms with Crippen LogP contribution < -0.4 is 5.32 Å². The molecule has 0 aliphatic rings. The first-order chi connectivity index (χ1) is 7.35. The lowest BCUT2D eigenvalue weighted by Gasteiger charge is -2.19. The van der Waals surface area contributed by atoms with Crippen molar-refractivity contribution in [1.29, 1.82) is 0 Å². The maximum absolute atomic E-state index is 10.8. The molecule has 16 heavy (non-hydrogen) atoms. The zero-order chi connectivity index (χ0) is 12.3. The van der Waals surface area contributed by atoms with E-state index in [2.05, 4.69) is 11.2 Å². The van der Waals surface area contributed by atoms with Crippen LogP contribution >= 0.6 is 11.3 Å². The number of carboxylic acids is 1. The highest BCUT2D eigenvalue weighted by atomic mass is 32.1. The molecule has 0 aliphatic heterocycles. The third kappa shape index (κ3) is 3.09. The molecule has 86 valence electrons. The highest BCUT2D eigenvalue weighted by Gasteiger charge is 2.15. The van der Waals surface area contributed by atoms with Crippen LogP contribution in [0.15, 0.2) is 6.07 Å². The van der Waals surface area contributed by atoms with Crippen LogP contribution in [0.3, 0.4) is 0 Å². The lowest BCUT2D eigenvalue weighted by molar-refractivity contribution is 0.0702. The second kappa shape index (κ2) is 4.69. The number of hydrogen-bond donors (Lipinski definition) is 2. The Morgan fingerprint density at radius 1 is 1.69 bits per heavy atom. The largest absolute Gasteiger partial charge is 0.477 e. The Morgan fingerprint density at radius 3 is 2.75 bits per heavy atom. The van der Waals surface area contributed by atoms with Crippen molar-refractivity contribution in [3.8, 4) is 12.3 Å². The first kappa shape index (κ1) is 12.8. The second-order valence-electron chi connectivity index (χ2n) is 4.12. The van der Waals surface area contributed by atoms with Gasteiger partial charge in [-0.1, -0.05) is 5.92 Å². The Labute approximate surface area is 99.5 Å². The van der Waals surface area contributed by atoms with Crippen LogP contribution in [0.1, 0.15) is 34.0 Å². The highest BCUT2D eigenvalue weighted by Crippen LogP contribution is 2.21. The van der Waals surface area contributed by atoms with E-state index in [0.717, 1.165) is 10.4 Å². The van der Waals surface area contributed by atoms with Gasteiger partial charge in [0.15, 0.2) is 0 Å². The minimum atomic E-state index is -0.879. The van der Waals surface area contributed by atoms with Gasteiger partial charge in [0.1, 0.15) is 4.88 Å². The molecule has 0 radical (unpaired) electrons. The summed E-state index contributed by atoms with van der Waals surface area (Å²) in [7, 11) is 0. The van der Waals surface area contributed by atoms with Gasteiger partial charge in [0.2, 0.25) is 0 Å². The van der Waals surface area contributed by atoms with E-state index in [9.17, 15) is 4.79 Å². The molecule has 0 aliphatic carbocycles. The summed E-state index contributed by atoms with van der Waals surface area (Å²) in [6.07, 6.45) is 5.36. The molecule has 0 atom stereocenters. The fourth-order valence-corrected chi connectivity index (χ4v) is 2.05. The van der Waals surface area contributed by atoms with E-state index in [4.69, 9.17) is 11.5 Å². The molecule has 4 heteroatoms. The Balaban J connectivity index is 2.76. The summed E-state index contributed by atoms with van der Waals surface area (Å²) in [5.41, 5.74) is 0.614. The molecule has 1 aromatic rings. The predicted octanol–water partition coefficient (Wildman–Crippen LogP) is 2.26. The number of carboxylic acid groups (broad SMARTS) is 1. The molecule has 0 amide bonds. The molecule has 0 aromatic carbocycles. The van der Waals surface area contributed by atoms with Gasteiger partial charge in [-0.25, -0.2) is 4.79 Å². The van der Waals surface area contributed by atoms with Crippen LogP contribution in [0.5, 0.6) is 0 Å². The smallest absolute Gasteiger partial charge is 0.345 e. The molecule has 1 aromatic heterocycles. The molecule has 0 bridgehead atoms. The second-order valence-corrected chi connectivity index (χ2v) is 5.38. The molecule has 1 heterocycles. The standard InChI is InChI=1S/C12H15NO2S/c1-5-12(3,4)13-7-9-6-10(11(14)15)16-8(9)2/h1,6,13H,7H2,2-4H3,(H,14,15). The van der Waals surface area contributed by atoms with E-state index in [1.807, 2.05) is 20.8 Å². The number of hydrogen-bond acceptors (Lipinski definition) is 3. The summed E-state index contributed by atoms with van der Waals surface area (Å²) in [5, 5.41) is 12.1. The predicted molar refractivity (Wildman–Crippen MR) is 65.8 cm³/mol. The number of rotatable bonds is 4. The van der Waals surface area contributed by atoms with Gasteiger partial charge in [-0.15, -0.1) is 17.8 Å². The van der Waals surface area contributed by atoms with Crippen molar-refractivity contribution >= 4 is 17.3 Å². The minimum Gasteiger partial charge on any atom is -0.477 e. The SMILES string of the molecule is C#CC(C)(C)NCc1cc(C(=O)O)sc1C. The summed E-state index contributed by atoms with van der Waals surface area (Å²) in [6, 6.07) is 1.70. The summed E-state index contributed by atoms with van der Waals surface area (Å²) in [5.74, 6) is 1.76. The van der Waals surface area contributed by atoms with E-state index in [1.54, 1.807) is 6.07 Å². The minimum absolute atomic E-state index is 0.368. The van der Waals surface area contributed by atoms with Crippen LogP contribution in [0.4, 0.5) is 0 Å². The van der Waals surface area contributed by atoms with Gasteiger partial charge in [0, 0.05) is 11.4 Å². The van der Waals surface area contributed by atoms with E-state index in [0.29, 0.717) is 11.4 Å². The van der Waals surface area contributed by atoms with Gasteiger partial charge in [-0.3, -0.25) is 5.32 Å². The van der Waals surface area contributed by atoms with Crippen LogP contribution in [0.25, 0.3) is 0 Å². The number of thiophene rings is 1. The van der Waals surface area contributed by atoms with Crippen molar-refractivity contribution in [2.75, 3.05) is 0 Å². The number of aromatic carboxylic acids is 1. The van der Waals surface area contributed by atoms with E-state index in [-0.39, 0.29) is 5.54 Å². The quantitative estimate of drug-likeness (QED) is 0.790. The molecule has 0 saturated heterocycles. The zero-order valence-electron chi connectivity index (χ0n) is 9.63. The number of aryl methyl sites for hydroxylation is 1. The maximum atomic E-state index is 10.8. The fraction of sp³-hybridized carbons (Fsp3) is 0.417. The molecule has 0 spiro atoms. The summed E-state index contributed by atoms with van der Waals surface area (Å²) >= 11 is 1.29. The van der Waals surface area contributed by atoms with Crippen LogP contribution in [0, 0.1) is 19.3 Å². The Kier molecular flexibility index (Phi) is 3.74. The van der Waals surface area contributed by atoms with Crippen molar-refractivity contribution < 1.29 is 9.90 Å². The number of nitrogens with one attached hydrogen (secondary N) is 1. The Hall–Kier alpha value is -1.31. The van der Waals surface area contributed by atoms with Gasteiger partial charge >= 0.3 is 5.97 Å². The van der Waals surface area contributed by atoms with Crippen LogP contribution in [-0.4, -0.2) is 16.6 Å². The number of carbonyl (C=O) groups is 1. The summed E-state index contributed by atoms with van der Waals surface area (Å²) < 4.78 is 0. The summed E-state index contributed by atoms with van der Waals surface area (Å²) in [4.78, 5) is 12.2. The van der Waals surface area contributed by atoms with Gasteiger partial charge in [0.05, 0.1) is 5.54 Å². The third-order valence-corrected chi connectivity index (χ3v) is 3.39. The van der Waals surface area contributed by atoms with Crippen molar-refractivity contribution in [3.63, 3.8) is 0 Å². The molecule has 2 N–H and O–H groups in total. The lowest BCUT2D eigenvalue weighted by atomic mass is 10.1. The van der Waals surface area contributed by atoms with Crippen molar-refractivity contribution in [2.45, 2.75) is 32.9 Å². The zero-order valence-corrected chi connectivity index (χ0v) is 10.4. The van der Waals surface area contributed by atoms with Crippen molar-refractivity contribution in [1.82, 2.24) is 5.32 Å². The lowest BCUT2D eigenvalue weighted by Crippen LogP contribution is -2.36. The first-order valence-corrected chi connectivity index (χ1v) is 5.73. The maximum Gasteiger partial charge on any atom is 0.345 e. The van der Waals surface area contributed by atoms with Crippen molar-refractivity contribution in [2.24, 2.45) is 0 Å². The fourth-order valence-electron chi connectivity index (χ4n) is 1.17. The monoisotopic (exact) mass is 237 g/mol. The molecule has 1 rings (SSSR count). The molecule has 0 saturated carbocycles. The molecule has 3 nitrogen and oxygen atoms in total. The molecular formula is C12H15NO2S. The van der Waals surface area contributed by atoms with Gasteiger partial charge in [-0.05, 0) is 32.4 Å². The van der Waals surface area contributed by atoms with Gasteiger partial charge in [0.25, 0.3) is 0 Å². The van der Waals surface area contributed by atoms with Gasteiger partial charge in [-0.2, -0.15) is 0 Å². The average molecular weight is 237 g/mol. The first-order valence-electron chi connectivity index (χ1n) is 4.91. The van der Waals surface area contributed by atoms with Crippen molar-refractivity contribution in [3.05, 3.63) is 21.4 Å². The third-order valence-electron chi connectivity index (χ3n) is 2.31. The Morgan fingerprint density at radius 2 is 2.31 bits per heavy atom. The topological polar surface area (TPSA) is 49.3 Å². The Bertz CT molecular complexity index is 440. The van der Waals surface area contributed by atoms with E-state index in [1.165, 1.54) is 11.3 Å². The van der Waals surface area contributed by atoms with Crippen LogP contribution in [-0.2, 0) is 6.54 Å². The summed E-state index contributed by atoms with van der Waals surface area (Å²) in [6.45, 7) is 6.32. The van der Waals surface area contributed by atoms with Crippen LogP contribution in [0.2, 0.25) is 0 Å².